The molecule has 0 radical (unpaired) electrons. The highest BCUT2D eigenvalue weighted by Gasteiger charge is 2.92. The molecule has 8 nitrogen and oxygen atoms in total. The summed E-state index contributed by atoms with van der Waals surface area (Å²) in [5.74, 6) is -0.577. The molecule has 1 aliphatic heterocycles. The summed E-state index contributed by atoms with van der Waals surface area (Å²) in [5.41, 5.74) is -3.54. The number of nitrogens with zero attached hydrogens (tertiary/aromatic N) is 2. The van der Waals surface area contributed by atoms with Crippen LogP contribution in [0.5, 0.6) is 0 Å². The molecule has 0 aromatic heterocycles. The number of carbonyl (C=O) groups is 3. The topological polar surface area (TPSA) is 85.4 Å². The van der Waals surface area contributed by atoms with Gasteiger partial charge in [-0.15, -0.1) is 0 Å². The fraction of sp³-hybridized carbons (Fsp3) is 0.815. The largest absolute Gasteiger partial charge is 0.458 e. The molecule has 0 bridgehead atoms. The number of carbonyl (C=O) groups excluding carboxylic acids is 3. The minimum Gasteiger partial charge on any atom is -0.458 e. The first-order valence-electron chi connectivity index (χ1n) is 12.5. The Morgan fingerprint density at radius 3 is 1.40 bits per heavy atom. The maximum Gasteiger partial charge on any atom is 0.430 e. The number of hydrazine groups is 1. The second-order valence-electron chi connectivity index (χ2n) is 13.4. The summed E-state index contributed by atoms with van der Waals surface area (Å²) in [6.07, 6.45) is -1.50. The van der Waals surface area contributed by atoms with Crippen LogP contribution in [0.15, 0.2) is 11.1 Å². The molecule has 0 aromatic rings. The van der Waals surface area contributed by atoms with Crippen molar-refractivity contribution in [1.29, 1.82) is 0 Å². The van der Waals surface area contributed by atoms with Crippen molar-refractivity contribution in [1.82, 2.24) is 10.0 Å². The smallest absolute Gasteiger partial charge is 0.430 e. The van der Waals surface area contributed by atoms with Crippen LogP contribution in [-0.2, 0) is 19.0 Å². The van der Waals surface area contributed by atoms with Crippen LogP contribution >= 0.6 is 0 Å². The van der Waals surface area contributed by atoms with E-state index in [-0.39, 0.29) is 13.2 Å². The second-order valence-corrected chi connectivity index (χ2v) is 13.4. The predicted molar refractivity (Wildman–Crippen MR) is 134 cm³/mol. The van der Waals surface area contributed by atoms with Gasteiger partial charge in [-0.05, 0) is 62.0 Å². The molecule has 0 aromatic carbocycles. The Hall–Kier alpha value is -2.25. The summed E-state index contributed by atoms with van der Waals surface area (Å²) >= 11 is 0. The fourth-order valence-electron chi connectivity index (χ4n) is 6.00. The molecule has 2 atom stereocenters. The van der Waals surface area contributed by atoms with Crippen molar-refractivity contribution in [2.45, 2.75) is 114 Å². The molecule has 1 saturated heterocycles. The van der Waals surface area contributed by atoms with Crippen LogP contribution in [-0.4, -0.2) is 58.1 Å². The van der Waals surface area contributed by atoms with Gasteiger partial charge in [-0.3, -0.25) is 0 Å². The number of ether oxygens (including phenoxy) is 3. The van der Waals surface area contributed by atoms with Gasteiger partial charge in [0.15, 0.2) is 0 Å². The van der Waals surface area contributed by atoms with Gasteiger partial charge in [-0.1, -0.05) is 62.3 Å². The van der Waals surface area contributed by atoms with Crippen LogP contribution in [0.25, 0.3) is 0 Å². The van der Waals surface area contributed by atoms with E-state index in [0.29, 0.717) is 0 Å². The highest BCUT2D eigenvalue weighted by atomic mass is 16.6. The molecule has 35 heavy (non-hydrogen) atoms. The van der Waals surface area contributed by atoms with Crippen molar-refractivity contribution in [3.8, 4) is 0 Å². The zero-order valence-electron chi connectivity index (χ0n) is 24.3. The van der Waals surface area contributed by atoms with Gasteiger partial charge in [0, 0.05) is 0 Å². The summed E-state index contributed by atoms with van der Waals surface area (Å²) in [6, 6.07) is 0. The van der Waals surface area contributed by atoms with Crippen molar-refractivity contribution in [2.24, 2.45) is 16.2 Å². The molecule has 1 heterocycles. The number of hydrogen-bond acceptors (Lipinski definition) is 6. The minimum atomic E-state index is -1.57. The minimum absolute atomic E-state index is 0.0829. The van der Waals surface area contributed by atoms with E-state index >= 15 is 0 Å². The highest BCUT2D eigenvalue weighted by molar-refractivity contribution is 6.02. The third-order valence-corrected chi connectivity index (χ3v) is 6.49. The van der Waals surface area contributed by atoms with E-state index in [2.05, 4.69) is 20.8 Å². The molecule has 8 heteroatoms. The monoisotopic (exact) mass is 494 g/mol. The number of amides is 2. The highest BCUT2D eigenvalue weighted by Crippen LogP contribution is 2.75. The molecule has 0 saturated carbocycles. The molecule has 1 aliphatic carbocycles. The van der Waals surface area contributed by atoms with Gasteiger partial charge in [0.1, 0.15) is 11.1 Å². The van der Waals surface area contributed by atoms with Crippen molar-refractivity contribution in [3.63, 3.8) is 0 Å². The zero-order chi connectivity index (χ0) is 27.6. The van der Waals surface area contributed by atoms with E-state index < -0.39 is 51.1 Å². The van der Waals surface area contributed by atoms with Crippen molar-refractivity contribution < 1.29 is 28.6 Å². The van der Waals surface area contributed by atoms with E-state index in [1.165, 1.54) is 5.01 Å². The summed E-state index contributed by atoms with van der Waals surface area (Å²) in [7, 11) is 0. The Balaban J connectivity index is 3.15. The molecular formula is C27H46N2O6. The molecule has 1 fully saturated rings. The van der Waals surface area contributed by atoms with E-state index in [1.807, 2.05) is 41.5 Å². The fourth-order valence-corrected chi connectivity index (χ4v) is 6.00. The number of fused-ring (bicyclic) bond motifs is 1. The number of hydrogen-bond donors (Lipinski definition) is 0. The first kappa shape index (κ1) is 29.0. The van der Waals surface area contributed by atoms with Crippen LogP contribution in [0.3, 0.4) is 0 Å². The molecule has 200 valence electrons. The van der Waals surface area contributed by atoms with E-state index in [0.717, 1.165) is 16.2 Å². The van der Waals surface area contributed by atoms with Gasteiger partial charge in [0.05, 0.1) is 13.2 Å². The average molecular weight is 495 g/mol. The Bertz CT molecular complexity index is 925. The summed E-state index contributed by atoms with van der Waals surface area (Å²) < 4.78 is 16.9. The standard InChI is InChI=1S/C27H46N2O6/c1-15-33-20(31)28-26(19(30)35-25(12,13)14)17(22(3,4)5)18(23(6,7)8)27(26,24(9,10)11)29(28)21(32)34-16-2/h15-16H2,1-14H3/t26-,27+/m1/s1. The third-order valence-electron chi connectivity index (χ3n) is 6.49. The van der Waals surface area contributed by atoms with Crippen LogP contribution in [0.1, 0.15) is 96.9 Å². The average Bonchev–Trinajstić information content (AvgIpc) is 2.57. The van der Waals surface area contributed by atoms with Crippen LogP contribution in [0.4, 0.5) is 9.59 Å². The normalized spacial score (nSPS) is 24.9. The first-order valence-corrected chi connectivity index (χ1v) is 12.5. The molecule has 2 amide bonds. The summed E-state index contributed by atoms with van der Waals surface area (Å²) in [4.78, 5) is 41.4. The lowest BCUT2D eigenvalue weighted by atomic mass is 9.37. The number of rotatable bonds is 3. The van der Waals surface area contributed by atoms with E-state index in [1.54, 1.807) is 34.6 Å². The van der Waals surface area contributed by atoms with Gasteiger partial charge in [-0.2, -0.15) is 10.0 Å². The van der Waals surface area contributed by atoms with Crippen molar-refractivity contribution in [3.05, 3.63) is 11.1 Å². The molecule has 0 spiro atoms. The van der Waals surface area contributed by atoms with E-state index in [9.17, 15) is 14.4 Å². The Kier molecular flexibility index (Phi) is 6.96. The molecule has 2 rings (SSSR count). The van der Waals surface area contributed by atoms with Crippen LogP contribution in [0.2, 0.25) is 0 Å². The van der Waals surface area contributed by atoms with Gasteiger partial charge in [0.25, 0.3) is 0 Å². The molecule has 0 N–H and O–H groups in total. The van der Waals surface area contributed by atoms with Crippen LogP contribution < -0.4 is 0 Å². The maximum absolute atomic E-state index is 14.4. The molecule has 2 aliphatic rings. The van der Waals surface area contributed by atoms with Crippen molar-refractivity contribution in [2.75, 3.05) is 13.2 Å². The Morgan fingerprint density at radius 2 is 1.09 bits per heavy atom. The quantitative estimate of drug-likeness (QED) is 0.268. The first-order chi connectivity index (χ1) is 15.6. The van der Waals surface area contributed by atoms with Crippen LogP contribution in [0, 0.1) is 16.2 Å². The summed E-state index contributed by atoms with van der Waals surface area (Å²) in [5, 5.41) is 2.47. The molecular weight excluding hydrogens is 448 g/mol. The van der Waals surface area contributed by atoms with Crippen molar-refractivity contribution >= 4 is 18.2 Å². The van der Waals surface area contributed by atoms with Gasteiger partial charge >= 0.3 is 18.2 Å². The second kappa shape index (κ2) is 8.41. The predicted octanol–water partition coefficient (Wildman–Crippen LogP) is 6.10. The summed E-state index contributed by atoms with van der Waals surface area (Å²) in [6.45, 7) is 27.2. The van der Waals surface area contributed by atoms with E-state index in [4.69, 9.17) is 14.2 Å². The zero-order valence-corrected chi connectivity index (χ0v) is 24.3. The van der Waals surface area contributed by atoms with Gasteiger partial charge in [-0.25, -0.2) is 14.4 Å². The lowest BCUT2D eigenvalue weighted by Crippen LogP contribution is -3.00. The van der Waals surface area contributed by atoms with Gasteiger partial charge in [0.2, 0.25) is 5.54 Å². The molecule has 0 unspecified atom stereocenters. The maximum atomic E-state index is 14.4. The third kappa shape index (κ3) is 3.91. The SMILES string of the molecule is CCOC(=O)N1N(C(=O)OCC)[C@]2(C(C)(C)C)C(C(C)(C)C)=C(C(C)(C)C)[C@]12C(=O)OC(C)(C)C. The number of esters is 1. The lowest BCUT2D eigenvalue weighted by Gasteiger charge is -2.81. The Labute approximate surface area is 211 Å². The lowest BCUT2D eigenvalue weighted by molar-refractivity contribution is -0.308. The van der Waals surface area contributed by atoms with Gasteiger partial charge < -0.3 is 14.2 Å². The Morgan fingerprint density at radius 1 is 0.686 bits per heavy atom.